The van der Waals surface area contributed by atoms with Crippen molar-refractivity contribution in [3.8, 4) is 67.5 Å². The van der Waals surface area contributed by atoms with Gasteiger partial charge in [-0.15, -0.1) is 0 Å². The van der Waals surface area contributed by atoms with E-state index >= 15 is 0 Å². The van der Waals surface area contributed by atoms with Gasteiger partial charge in [0.05, 0.1) is 5.56 Å². The average Bonchev–Trinajstić information content (AvgIpc) is 3.58. The summed E-state index contributed by atoms with van der Waals surface area (Å²) in [6.45, 7) is 0. The fraction of sp³-hybridized carbons (Fsp3) is 0. The highest BCUT2D eigenvalue weighted by Gasteiger charge is 2.18. The van der Waals surface area contributed by atoms with Crippen LogP contribution < -0.4 is 0 Å². The van der Waals surface area contributed by atoms with E-state index in [9.17, 15) is 0 Å². The zero-order valence-corrected chi connectivity index (χ0v) is 26.5. The summed E-state index contributed by atoms with van der Waals surface area (Å²) in [6, 6.07) is 60.6. The lowest BCUT2D eigenvalue weighted by Gasteiger charge is -2.12. The molecule has 0 N–H and O–H groups in total. The van der Waals surface area contributed by atoms with E-state index in [1.54, 1.807) is 0 Å². The van der Waals surface area contributed by atoms with Crippen molar-refractivity contribution in [2.45, 2.75) is 0 Å². The van der Waals surface area contributed by atoms with Gasteiger partial charge in [-0.3, -0.25) is 0 Å². The Balaban J connectivity index is 1.13. The second kappa shape index (κ2) is 12.2. The summed E-state index contributed by atoms with van der Waals surface area (Å²) >= 11 is 0. The molecule has 0 radical (unpaired) electrons. The van der Waals surface area contributed by atoms with Crippen molar-refractivity contribution in [3.05, 3.63) is 176 Å². The lowest BCUT2D eigenvalue weighted by Crippen LogP contribution is -2.00. The molecule has 0 amide bonds. The standard InChI is InChI=1S/C45H29N3O/c1-3-13-31(14-4-1)36-19-7-8-20-37(36)32-27-25-30(26-28-32)34-17-11-18-35(29-34)44-46-43(33-15-5-2-6-16-33)47-45(48-44)40-23-12-22-39-38-21-9-10-24-41(38)49-42(39)40/h1-29H. The number of furan rings is 1. The minimum absolute atomic E-state index is 0.570. The van der Waals surface area contributed by atoms with Crippen LogP contribution in [0.2, 0.25) is 0 Å². The molecule has 0 fully saturated rings. The minimum Gasteiger partial charge on any atom is -0.455 e. The minimum atomic E-state index is 0.570. The highest BCUT2D eigenvalue weighted by atomic mass is 16.3. The van der Waals surface area contributed by atoms with Crippen molar-refractivity contribution < 1.29 is 4.42 Å². The maximum Gasteiger partial charge on any atom is 0.167 e. The zero-order valence-electron chi connectivity index (χ0n) is 26.5. The van der Waals surface area contributed by atoms with Crippen LogP contribution >= 0.6 is 0 Å². The second-order valence-corrected chi connectivity index (χ2v) is 12.0. The molecule has 0 spiro atoms. The summed E-state index contributed by atoms with van der Waals surface area (Å²) in [5.41, 5.74) is 11.3. The first-order chi connectivity index (χ1) is 24.3. The smallest absolute Gasteiger partial charge is 0.167 e. The van der Waals surface area contributed by atoms with E-state index < -0.39 is 0 Å². The molecule has 0 unspecified atom stereocenters. The molecule has 7 aromatic carbocycles. The molecule has 0 atom stereocenters. The fourth-order valence-electron chi connectivity index (χ4n) is 6.55. The number of rotatable bonds is 6. The summed E-state index contributed by atoms with van der Waals surface area (Å²) in [4.78, 5) is 15.0. The van der Waals surface area contributed by atoms with E-state index in [0.29, 0.717) is 17.5 Å². The van der Waals surface area contributed by atoms with E-state index in [1.165, 1.54) is 22.3 Å². The SMILES string of the molecule is c1ccc(-c2nc(-c3cccc(-c4ccc(-c5ccccc5-c5ccccc5)cc4)c3)nc(-c3cccc4c3oc3ccccc34)n2)cc1. The second-order valence-electron chi connectivity index (χ2n) is 12.0. The Morgan fingerprint density at radius 3 is 1.55 bits per heavy atom. The van der Waals surface area contributed by atoms with Gasteiger partial charge >= 0.3 is 0 Å². The molecule has 0 aliphatic heterocycles. The van der Waals surface area contributed by atoms with Crippen molar-refractivity contribution in [2.75, 3.05) is 0 Å². The topological polar surface area (TPSA) is 51.8 Å². The highest BCUT2D eigenvalue weighted by molar-refractivity contribution is 6.09. The van der Waals surface area contributed by atoms with Crippen molar-refractivity contribution in [1.82, 2.24) is 15.0 Å². The van der Waals surface area contributed by atoms with Crippen molar-refractivity contribution in [3.63, 3.8) is 0 Å². The quantitative estimate of drug-likeness (QED) is 0.184. The van der Waals surface area contributed by atoms with Crippen LogP contribution in [0.15, 0.2) is 180 Å². The molecule has 0 saturated carbocycles. The number of benzene rings is 7. The van der Waals surface area contributed by atoms with Crippen LogP contribution in [-0.2, 0) is 0 Å². The summed E-state index contributed by atoms with van der Waals surface area (Å²) < 4.78 is 6.38. The first-order valence-electron chi connectivity index (χ1n) is 16.4. The molecule has 0 bridgehead atoms. The zero-order chi connectivity index (χ0) is 32.6. The molecule has 9 rings (SSSR count). The van der Waals surface area contributed by atoms with E-state index in [-0.39, 0.29) is 0 Å². The molecule has 0 aliphatic rings. The monoisotopic (exact) mass is 627 g/mol. The first-order valence-corrected chi connectivity index (χ1v) is 16.4. The van der Waals surface area contributed by atoms with Crippen LogP contribution in [0, 0.1) is 0 Å². The van der Waals surface area contributed by atoms with Crippen molar-refractivity contribution >= 4 is 21.9 Å². The summed E-state index contributed by atoms with van der Waals surface area (Å²) in [6.07, 6.45) is 0. The summed E-state index contributed by atoms with van der Waals surface area (Å²) in [5, 5.41) is 2.10. The number of hydrogen-bond donors (Lipinski definition) is 0. The van der Waals surface area contributed by atoms with Gasteiger partial charge in [0.2, 0.25) is 0 Å². The molecule has 2 heterocycles. The van der Waals surface area contributed by atoms with Gasteiger partial charge in [-0.25, -0.2) is 15.0 Å². The van der Waals surface area contributed by atoms with Crippen LogP contribution in [0.5, 0.6) is 0 Å². The van der Waals surface area contributed by atoms with Gasteiger partial charge in [-0.2, -0.15) is 0 Å². The molecule has 9 aromatic rings. The first kappa shape index (κ1) is 28.6. The Labute approximate surface area is 284 Å². The summed E-state index contributed by atoms with van der Waals surface area (Å²) in [7, 11) is 0. The normalized spacial score (nSPS) is 11.3. The van der Waals surface area contributed by atoms with Crippen LogP contribution in [0.4, 0.5) is 0 Å². The highest BCUT2D eigenvalue weighted by Crippen LogP contribution is 2.37. The van der Waals surface area contributed by atoms with Crippen LogP contribution in [0.25, 0.3) is 89.5 Å². The Morgan fingerprint density at radius 2 is 0.796 bits per heavy atom. The van der Waals surface area contributed by atoms with E-state index in [4.69, 9.17) is 19.4 Å². The molecule has 230 valence electrons. The Bertz CT molecular complexity index is 2590. The van der Waals surface area contributed by atoms with E-state index in [0.717, 1.165) is 49.8 Å². The van der Waals surface area contributed by atoms with Gasteiger partial charge in [0.1, 0.15) is 11.2 Å². The molecule has 0 aliphatic carbocycles. The number of para-hydroxylation sites is 2. The van der Waals surface area contributed by atoms with Crippen LogP contribution in [0.1, 0.15) is 0 Å². The van der Waals surface area contributed by atoms with Crippen LogP contribution in [-0.4, -0.2) is 15.0 Å². The molecule has 4 heteroatoms. The third-order valence-electron chi connectivity index (χ3n) is 8.97. The predicted octanol–water partition coefficient (Wildman–Crippen LogP) is 11.8. The Morgan fingerprint density at radius 1 is 0.306 bits per heavy atom. The molecule has 0 saturated heterocycles. The van der Waals surface area contributed by atoms with E-state index in [2.05, 4.69) is 115 Å². The molecule has 4 nitrogen and oxygen atoms in total. The maximum atomic E-state index is 6.38. The lowest BCUT2D eigenvalue weighted by molar-refractivity contribution is 0.669. The predicted molar refractivity (Wildman–Crippen MR) is 200 cm³/mol. The molecule has 49 heavy (non-hydrogen) atoms. The van der Waals surface area contributed by atoms with Gasteiger partial charge in [0.15, 0.2) is 17.5 Å². The van der Waals surface area contributed by atoms with Gasteiger partial charge in [0, 0.05) is 21.9 Å². The fourth-order valence-corrected chi connectivity index (χ4v) is 6.55. The molecular weight excluding hydrogens is 599 g/mol. The summed E-state index contributed by atoms with van der Waals surface area (Å²) in [5.74, 6) is 1.79. The number of nitrogens with zero attached hydrogens (tertiary/aromatic N) is 3. The van der Waals surface area contributed by atoms with Gasteiger partial charge in [0.25, 0.3) is 0 Å². The third kappa shape index (κ3) is 5.35. The lowest BCUT2D eigenvalue weighted by atomic mass is 9.93. The Hall–Kier alpha value is -6.65. The largest absolute Gasteiger partial charge is 0.455 e. The molecular formula is C45H29N3O. The van der Waals surface area contributed by atoms with Crippen molar-refractivity contribution in [2.24, 2.45) is 0 Å². The van der Waals surface area contributed by atoms with E-state index in [1.807, 2.05) is 60.7 Å². The van der Waals surface area contributed by atoms with Crippen molar-refractivity contribution in [1.29, 1.82) is 0 Å². The average molecular weight is 628 g/mol. The number of hydrogen-bond acceptors (Lipinski definition) is 4. The van der Waals surface area contributed by atoms with Gasteiger partial charge < -0.3 is 4.42 Å². The maximum absolute atomic E-state index is 6.38. The third-order valence-corrected chi connectivity index (χ3v) is 8.97. The Kier molecular flexibility index (Phi) is 7.10. The van der Waals surface area contributed by atoms with Crippen LogP contribution in [0.3, 0.4) is 0 Å². The molecule has 2 aromatic heterocycles. The van der Waals surface area contributed by atoms with Gasteiger partial charge in [-0.05, 0) is 51.6 Å². The van der Waals surface area contributed by atoms with Gasteiger partial charge in [-0.1, -0.05) is 158 Å². The number of aromatic nitrogens is 3. The number of fused-ring (bicyclic) bond motifs is 3.